The number of aromatic nitrogens is 2. The van der Waals surface area contributed by atoms with Crippen LogP contribution in [0.4, 0.5) is 5.82 Å². The zero-order chi connectivity index (χ0) is 22.2. The molecule has 3 rings (SSSR count). The molecule has 0 fully saturated rings. The SMILES string of the molecule is CC(=O)NC(=Cc1ccccc1)C(=O)OCC(=O)Nc1cc(C)nn1-c1ccccc1. The first-order valence-electron chi connectivity index (χ1n) is 9.56. The molecule has 3 aromatic rings. The van der Waals surface area contributed by atoms with E-state index in [0.717, 1.165) is 11.4 Å². The van der Waals surface area contributed by atoms with Crippen LogP contribution < -0.4 is 10.6 Å². The summed E-state index contributed by atoms with van der Waals surface area (Å²) in [7, 11) is 0. The third-order valence-electron chi connectivity index (χ3n) is 4.08. The van der Waals surface area contributed by atoms with Crippen LogP contribution in [0.15, 0.2) is 72.4 Å². The van der Waals surface area contributed by atoms with Gasteiger partial charge in [0.25, 0.3) is 5.91 Å². The molecule has 31 heavy (non-hydrogen) atoms. The number of nitrogens with zero attached hydrogens (tertiary/aromatic N) is 2. The van der Waals surface area contributed by atoms with Gasteiger partial charge < -0.3 is 15.4 Å². The van der Waals surface area contributed by atoms with Crippen LogP contribution in [0, 0.1) is 6.92 Å². The molecule has 0 bridgehead atoms. The van der Waals surface area contributed by atoms with Crippen LogP contribution in [-0.2, 0) is 19.1 Å². The molecule has 158 valence electrons. The Morgan fingerprint density at radius 3 is 2.32 bits per heavy atom. The zero-order valence-electron chi connectivity index (χ0n) is 17.2. The summed E-state index contributed by atoms with van der Waals surface area (Å²) in [5, 5.41) is 9.50. The highest BCUT2D eigenvalue weighted by Crippen LogP contribution is 2.16. The van der Waals surface area contributed by atoms with E-state index in [-0.39, 0.29) is 5.70 Å². The quantitative estimate of drug-likeness (QED) is 0.454. The lowest BCUT2D eigenvalue weighted by Gasteiger charge is -2.11. The minimum atomic E-state index is -0.818. The molecule has 0 spiro atoms. The highest BCUT2D eigenvalue weighted by Gasteiger charge is 2.16. The molecule has 1 heterocycles. The Morgan fingerprint density at radius 2 is 1.68 bits per heavy atom. The Bertz CT molecular complexity index is 1110. The number of aryl methyl sites for hydroxylation is 1. The van der Waals surface area contributed by atoms with Crippen LogP contribution >= 0.6 is 0 Å². The number of hydrogen-bond donors (Lipinski definition) is 2. The Hall–Kier alpha value is -4.20. The van der Waals surface area contributed by atoms with Gasteiger partial charge in [-0.25, -0.2) is 9.48 Å². The van der Waals surface area contributed by atoms with E-state index in [1.807, 2.05) is 43.3 Å². The first-order chi connectivity index (χ1) is 14.9. The summed E-state index contributed by atoms with van der Waals surface area (Å²) < 4.78 is 6.69. The van der Waals surface area contributed by atoms with E-state index in [2.05, 4.69) is 15.7 Å². The lowest BCUT2D eigenvalue weighted by Crippen LogP contribution is -2.29. The highest BCUT2D eigenvalue weighted by molar-refractivity contribution is 5.99. The fourth-order valence-corrected chi connectivity index (χ4v) is 2.79. The molecule has 8 nitrogen and oxygen atoms in total. The molecule has 2 aromatic carbocycles. The number of carbonyl (C=O) groups excluding carboxylic acids is 3. The van der Waals surface area contributed by atoms with Crippen LogP contribution in [0.3, 0.4) is 0 Å². The fourth-order valence-electron chi connectivity index (χ4n) is 2.79. The average molecular weight is 418 g/mol. The van der Waals surface area contributed by atoms with Gasteiger partial charge in [-0.2, -0.15) is 5.10 Å². The number of carbonyl (C=O) groups is 3. The summed E-state index contributed by atoms with van der Waals surface area (Å²) in [6, 6.07) is 20.0. The predicted octanol–water partition coefficient (Wildman–Crippen LogP) is 2.84. The monoisotopic (exact) mass is 418 g/mol. The summed E-state index contributed by atoms with van der Waals surface area (Å²) in [5.74, 6) is -1.33. The second kappa shape index (κ2) is 10.0. The van der Waals surface area contributed by atoms with Gasteiger partial charge in [0.05, 0.1) is 11.4 Å². The van der Waals surface area contributed by atoms with Crippen molar-refractivity contribution in [3.8, 4) is 5.69 Å². The van der Waals surface area contributed by atoms with Crippen molar-refractivity contribution in [3.63, 3.8) is 0 Å². The van der Waals surface area contributed by atoms with Gasteiger partial charge in [0.2, 0.25) is 5.91 Å². The van der Waals surface area contributed by atoms with Gasteiger partial charge in [0.15, 0.2) is 6.61 Å². The van der Waals surface area contributed by atoms with Crippen molar-refractivity contribution >= 4 is 29.7 Å². The standard InChI is InChI=1S/C23H22N4O4/c1-16-13-21(27(26-16)19-11-7-4-8-12-19)25-22(29)15-31-23(30)20(24-17(2)28)14-18-9-5-3-6-10-18/h3-14H,15H2,1-2H3,(H,24,28)(H,25,29). The third kappa shape index (κ3) is 6.14. The maximum atomic E-state index is 12.4. The van der Waals surface area contributed by atoms with E-state index in [1.54, 1.807) is 35.0 Å². The third-order valence-corrected chi connectivity index (χ3v) is 4.08. The smallest absolute Gasteiger partial charge is 0.355 e. The first kappa shape index (κ1) is 21.5. The van der Waals surface area contributed by atoms with E-state index in [4.69, 9.17) is 4.74 Å². The Balaban J connectivity index is 1.67. The van der Waals surface area contributed by atoms with Gasteiger partial charge in [0.1, 0.15) is 11.5 Å². The molecule has 1 aromatic heterocycles. The second-order valence-corrected chi connectivity index (χ2v) is 6.69. The summed E-state index contributed by atoms with van der Waals surface area (Å²) in [4.78, 5) is 36.3. The molecule has 0 atom stereocenters. The van der Waals surface area contributed by atoms with Crippen molar-refractivity contribution in [3.05, 3.63) is 83.7 Å². The highest BCUT2D eigenvalue weighted by atomic mass is 16.5. The summed E-state index contributed by atoms with van der Waals surface area (Å²) >= 11 is 0. The molecule has 2 amide bonds. The molecule has 0 aliphatic heterocycles. The van der Waals surface area contributed by atoms with Crippen molar-refractivity contribution in [2.75, 3.05) is 11.9 Å². The number of anilines is 1. The van der Waals surface area contributed by atoms with Gasteiger partial charge in [-0.3, -0.25) is 9.59 Å². The van der Waals surface area contributed by atoms with E-state index in [9.17, 15) is 14.4 Å². The number of para-hydroxylation sites is 1. The van der Waals surface area contributed by atoms with E-state index in [1.165, 1.54) is 13.0 Å². The largest absolute Gasteiger partial charge is 0.451 e. The summed E-state index contributed by atoms with van der Waals surface area (Å²) in [5.41, 5.74) is 2.14. The molecule has 0 saturated carbocycles. The number of ether oxygens (including phenoxy) is 1. The number of esters is 1. The lowest BCUT2D eigenvalue weighted by molar-refractivity contribution is -0.144. The number of nitrogens with one attached hydrogen (secondary N) is 2. The molecule has 2 N–H and O–H groups in total. The Morgan fingerprint density at radius 1 is 1.03 bits per heavy atom. The maximum Gasteiger partial charge on any atom is 0.355 e. The first-order valence-corrected chi connectivity index (χ1v) is 9.56. The van der Waals surface area contributed by atoms with Crippen LogP contribution in [-0.4, -0.2) is 34.2 Å². The Labute approximate surface area is 179 Å². The van der Waals surface area contributed by atoms with E-state index < -0.39 is 24.4 Å². The Kier molecular flexibility index (Phi) is 6.95. The van der Waals surface area contributed by atoms with Crippen molar-refractivity contribution < 1.29 is 19.1 Å². The topological polar surface area (TPSA) is 102 Å². The second-order valence-electron chi connectivity index (χ2n) is 6.69. The van der Waals surface area contributed by atoms with Crippen molar-refractivity contribution in [1.82, 2.24) is 15.1 Å². The van der Waals surface area contributed by atoms with Gasteiger partial charge in [-0.15, -0.1) is 0 Å². The average Bonchev–Trinajstić information content (AvgIpc) is 3.12. The van der Waals surface area contributed by atoms with E-state index in [0.29, 0.717) is 11.4 Å². The fraction of sp³-hybridized carbons (Fsp3) is 0.130. The van der Waals surface area contributed by atoms with Crippen LogP contribution in [0.25, 0.3) is 11.8 Å². The number of hydrogen-bond acceptors (Lipinski definition) is 5. The summed E-state index contributed by atoms with van der Waals surface area (Å²) in [6.45, 7) is 2.57. The number of rotatable bonds is 7. The van der Waals surface area contributed by atoms with Gasteiger partial charge in [-0.05, 0) is 30.7 Å². The molecular weight excluding hydrogens is 396 g/mol. The molecule has 0 saturated heterocycles. The van der Waals surface area contributed by atoms with Gasteiger partial charge in [-0.1, -0.05) is 48.5 Å². The number of benzene rings is 2. The van der Waals surface area contributed by atoms with Crippen molar-refractivity contribution in [2.24, 2.45) is 0 Å². The molecule has 0 aliphatic carbocycles. The summed E-state index contributed by atoms with van der Waals surface area (Å²) in [6.07, 6.45) is 1.48. The van der Waals surface area contributed by atoms with Crippen molar-refractivity contribution in [1.29, 1.82) is 0 Å². The molecule has 0 unspecified atom stereocenters. The van der Waals surface area contributed by atoms with Crippen LogP contribution in [0.2, 0.25) is 0 Å². The minimum Gasteiger partial charge on any atom is -0.451 e. The van der Waals surface area contributed by atoms with Crippen LogP contribution in [0.1, 0.15) is 18.2 Å². The minimum absolute atomic E-state index is 0.0586. The maximum absolute atomic E-state index is 12.4. The number of amides is 2. The van der Waals surface area contributed by atoms with Gasteiger partial charge >= 0.3 is 5.97 Å². The molecular formula is C23H22N4O4. The predicted molar refractivity (Wildman–Crippen MR) is 116 cm³/mol. The normalized spacial score (nSPS) is 11.0. The van der Waals surface area contributed by atoms with Crippen LogP contribution in [0.5, 0.6) is 0 Å². The molecule has 8 heteroatoms. The zero-order valence-corrected chi connectivity index (χ0v) is 17.2. The molecule has 0 radical (unpaired) electrons. The van der Waals surface area contributed by atoms with E-state index >= 15 is 0 Å². The molecule has 0 aliphatic rings. The van der Waals surface area contributed by atoms with Crippen molar-refractivity contribution in [2.45, 2.75) is 13.8 Å². The van der Waals surface area contributed by atoms with Gasteiger partial charge in [0, 0.05) is 13.0 Å². The lowest BCUT2D eigenvalue weighted by atomic mass is 10.2.